The van der Waals surface area contributed by atoms with Crippen LogP contribution in [0, 0.1) is 5.92 Å². The zero-order chi connectivity index (χ0) is 13.7. The Labute approximate surface area is 116 Å². The number of pyridine rings is 1. The molecular formula is C16H26N2O. The minimum atomic E-state index is -0.156. The average Bonchev–Trinajstić information content (AvgIpc) is 2.46. The van der Waals surface area contributed by atoms with Crippen molar-refractivity contribution in [3.63, 3.8) is 0 Å². The summed E-state index contributed by atoms with van der Waals surface area (Å²) < 4.78 is 0. The summed E-state index contributed by atoms with van der Waals surface area (Å²) in [5.41, 5.74) is 1.13. The topological polar surface area (TPSA) is 36.4 Å². The first kappa shape index (κ1) is 14.5. The molecule has 3 nitrogen and oxygen atoms in total. The van der Waals surface area contributed by atoms with Crippen LogP contribution in [0.2, 0.25) is 0 Å². The van der Waals surface area contributed by atoms with Crippen LogP contribution in [-0.2, 0) is 6.42 Å². The molecule has 3 heteroatoms. The molecule has 106 valence electrons. The first-order valence-electron chi connectivity index (χ1n) is 7.49. The average molecular weight is 262 g/mol. The highest BCUT2D eigenvalue weighted by molar-refractivity contribution is 5.04. The van der Waals surface area contributed by atoms with Crippen molar-refractivity contribution in [3.8, 4) is 0 Å². The van der Waals surface area contributed by atoms with Gasteiger partial charge in [-0.25, -0.2) is 0 Å². The second-order valence-electron chi connectivity index (χ2n) is 5.77. The van der Waals surface area contributed by atoms with Crippen LogP contribution in [0.1, 0.15) is 38.3 Å². The van der Waals surface area contributed by atoms with E-state index in [1.807, 2.05) is 18.3 Å². The molecule has 0 saturated heterocycles. The number of aromatic nitrogens is 1. The lowest BCUT2D eigenvalue weighted by Crippen LogP contribution is -2.46. The summed E-state index contributed by atoms with van der Waals surface area (Å²) in [5.74, 6) is 0.783. The van der Waals surface area contributed by atoms with E-state index < -0.39 is 0 Å². The number of hydrogen-bond acceptors (Lipinski definition) is 3. The molecule has 3 unspecified atom stereocenters. The molecule has 2 rings (SSSR count). The summed E-state index contributed by atoms with van der Waals surface area (Å²) in [5, 5.41) is 10.2. The molecule has 1 aliphatic carbocycles. The van der Waals surface area contributed by atoms with E-state index in [9.17, 15) is 5.11 Å². The smallest absolute Gasteiger partial charge is 0.0695 e. The quantitative estimate of drug-likeness (QED) is 0.885. The Bertz CT molecular complexity index is 368. The van der Waals surface area contributed by atoms with E-state index in [0.717, 1.165) is 37.4 Å². The predicted molar refractivity (Wildman–Crippen MR) is 78.0 cm³/mol. The zero-order valence-corrected chi connectivity index (χ0v) is 12.1. The molecule has 0 bridgehead atoms. The van der Waals surface area contributed by atoms with Crippen LogP contribution in [0.15, 0.2) is 24.4 Å². The Morgan fingerprint density at radius 3 is 2.89 bits per heavy atom. The summed E-state index contributed by atoms with van der Waals surface area (Å²) in [6.07, 6.45) is 7.15. The van der Waals surface area contributed by atoms with Crippen LogP contribution in [0.25, 0.3) is 0 Å². The molecule has 1 saturated carbocycles. The van der Waals surface area contributed by atoms with Crippen molar-refractivity contribution in [1.29, 1.82) is 0 Å². The van der Waals surface area contributed by atoms with Gasteiger partial charge in [0.2, 0.25) is 0 Å². The second-order valence-corrected chi connectivity index (χ2v) is 5.77. The van der Waals surface area contributed by atoms with Gasteiger partial charge in [0.1, 0.15) is 0 Å². The van der Waals surface area contributed by atoms with Gasteiger partial charge in [-0.2, -0.15) is 0 Å². The third-order valence-corrected chi connectivity index (χ3v) is 4.48. The number of nitrogens with zero attached hydrogens (tertiary/aromatic N) is 2. The van der Waals surface area contributed by atoms with E-state index >= 15 is 0 Å². The fraction of sp³-hybridized carbons (Fsp3) is 0.688. The largest absolute Gasteiger partial charge is 0.391 e. The van der Waals surface area contributed by atoms with E-state index in [4.69, 9.17) is 0 Å². The molecule has 1 aliphatic rings. The molecular weight excluding hydrogens is 236 g/mol. The zero-order valence-electron chi connectivity index (χ0n) is 12.1. The maximum atomic E-state index is 10.2. The van der Waals surface area contributed by atoms with Crippen molar-refractivity contribution in [2.45, 2.75) is 51.2 Å². The molecule has 3 atom stereocenters. The van der Waals surface area contributed by atoms with Gasteiger partial charge in [-0.05, 0) is 44.4 Å². The Morgan fingerprint density at radius 1 is 1.37 bits per heavy atom. The molecule has 0 aromatic carbocycles. The summed E-state index contributed by atoms with van der Waals surface area (Å²) in [7, 11) is 2.13. The van der Waals surface area contributed by atoms with Gasteiger partial charge < -0.3 is 10.0 Å². The first-order chi connectivity index (χ1) is 9.20. The lowest BCUT2D eigenvalue weighted by molar-refractivity contribution is 0.0140. The monoisotopic (exact) mass is 262 g/mol. The summed E-state index contributed by atoms with van der Waals surface area (Å²) in [6, 6.07) is 6.37. The maximum Gasteiger partial charge on any atom is 0.0695 e. The lowest BCUT2D eigenvalue weighted by atomic mass is 9.82. The van der Waals surface area contributed by atoms with Crippen molar-refractivity contribution in [2.75, 3.05) is 13.6 Å². The van der Waals surface area contributed by atoms with Crippen molar-refractivity contribution in [1.82, 2.24) is 9.88 Å². The van der Waals surface area contributed by atoms with Crippen LogP contribution in [0.3, 0.4) is 0 Å². The molecule has 1 heterocycles. The molecule has 0 aliphatic heterocycles. The highest BCUT2D eigenvalue weighted by Crippen LogP contribution is 2.29. The highest BCUT2D eigenvalue weighted by atomic mass is 16.3. The Hall–Kier alpha value is -0.930. The molecule has 0 amide bonds. The van der Waals surface area contributed by atoms with E-state index in [2.05, 4.69) is 29.9 Å². The molecule has 1 fully saturated rings. The van der Waals surface area contributed by atoms with Gasteiger partial charge in [0.15, 0.2) is 0 Å². The van der Waals surface area contributed by atoms with Gasteiger partial charge in [-0.1, -0.05) is 19.4 Å². The summed E-state index contributed by atoms with van der Waals surface area (Å²) in [4.78, 5) is 6.68. The second kappa shape index (κ2) is 7.01. The fourth-order valence-corrected chi connectivity index (χ4v) is 3.06. The standard InChI is InChI=1S/C16H26N2O/c1-3-13-7-8-16(19)15(12-13)18(2)11-9-14-6-4-5-10-17-14/h4-6,10,13,15-16,19H,3,7-9,11-12H2,1-2H3. The molecule has 1 N–H and O–H groups in total. The molecule has 19 heavy (non-hydrogen) atoms. The van der Waals surface area contributed by atoms with Crippen LogP contribution >= 0.6 is 0 Å². The normalized spacial score (nSPS) is 27.7. The van der Waals surface area contributed by atoms with Gasteiger partial charge in [-0.15, -0.1) is 0 Å². The van der Waals surface area contributed by atoms with Gasteiger partial charge in [0.05, 0.1) is 6.10 Å². The lowest BCUT2D eigenvalue weighted by Gasteiger charge is -2.38. The van der Waals surface area contributed by atoms with Gasteiger partial charge >= 0.3 is 0 Å². The molecule has 1 aromatic heterocycles. The number of rotatable bonds is 5. The Balaban J connectivity index is 1.86. The van der Waals surface area contributed by atoms with Crippen LogP contribution in [-0.4, -0.2) is 40.7 Å². The van der Waals surface area contributed by atoms with Crippen LogP contribution in [0.4, 0.5) is 0 Å². The third-order valence-electron chi connectivity index (χ3n) is 4.48. The Kier molecular flexibility index (Phi) is 5.34. The number of aliphatic hydroxyl groups is 1. The van der Waals surface area contributed by atoms with Crippen LogP contribution < -0.4 is 0 Å². The van der Waals surface area contributed by atoms with E-state index in [1.165, 1.54) is 12.8 Å². The number of likely N-dealkylation sites (N-methyl/N-ethyl adjacent to an activating group) is 1. The SMILES string of the molecule is CCC1CCC(O)C(N(C)CCc2ccccn2)C1. The maximum absolute atomic E-state index is 10.2. The predicted octanol–water partition coefficient (Wildman–Crippen LogP) is 2.50. The highest BCUT2D eigenvalue weighted by Gasteiger charge is 2.30. The molecule has 0 radical (unpaired) electrons. The van der Waals surface area contributed by atoms with Gasteiger partial charge in [0, 0.05) is 30.9 Å². The number of hydrogen-bond donors (Lipinski definition) is 1. The van der Waals surface area contributed by atoms with Gasteiger partial charge in [0.25, 0.3) is 0 Å². The summed E-state index contributed by atoms with van der Waals surface area (Å²) in [6.45, 7) is 3.22. The minimum absolute atomic E-state index is 0.156. The van der Waals surface area contributed by atoms with Crippen molar-refractivity contribution in [2.24, 2.45) is 5.92 Å². The molecule has 0 spiro atoms. The summed E-state index contributed by atoms with van der Waals surface area (Å²) >= 11 is 0. The number of aliphatic hydroxyl groups excluding tert-OH is 1. The third kappa shape index (κ3) is 4.02. The first-order valence-corrected chi connectivity index (χ1v) is 7.49. The van der Waals surface area contributed by atoms with E-state index in [0.29, 0.717) is 6.04 Å². The van der Waals surface area contributed by atoms with Crippen molar-refractivity contribution in [3.05, 3.63) is 30.1 Å². The Morgan fingerprint density at radius 2 is 2.21 bits per heavy atom. The van der Waals surface area contributed by atoms with Crippen LogP contribution in [0.5, 0.6) is 0 Å². The van der Waals surface area contributed by atoms with Gasteiger partial charge in [-0.3, -0.25) is 4.98 Å². The molecule has 1 aromatic rings. The van der Waals surface area contributed by atoms with Crippen molar-refractivity contribution < 1.29 is 5.11 Å². The van der Waals surface area contributed by atoms with E-state index in [-0.39, 0.29) is 6.10 Å². The van der Waals surface area contributed by atoms with Crippen molar-refractivity contribution >= 4 is 0 Å². The van der Waals surface area contributed by atoms with E-state index in [1.54, 1.807) is 0 Å². The minimum Gasteiger partial charge on any atom is -0.391 e. The fourth-order valence-electron chi connectivity index (χ4n) is 3.06.